The van der Waals surface area contributed by atoms with Gasteiger partial charge >= 0.3 is 6.03 Å². The summed E-state index contributed by atoms with van der Waals surface area (Å²) in [5, 5.41) is 5.44. The molecule has 2 aromatic carbocycles. The van der Waals surface area contributed by atoms with Crippen molar-refractivity contribution < 1.29 is 23.9 Å². The van der Waals surface area contributed by atoms with Gasteiger partial charge in [-0.1, -0.05) is 18.2 Å². The number of nitrogens with zero attached hydrogens (tertiary/aromatic N) is 1. The smallest absolute Gasteiger partial charge is 0.324 e. The van der Waals surface area contributed by atoms with Crippen molar-refractivity contribution in [2.24, 2.45) is 0 Å². The van der Waals surface area contributed by atoms with Crippen molar-refractivity contribution in [3.05, 3.63) is 59.2 Å². The molecule has 1 atom stereocenters. The summed E-state index contributed by atoms with van der Waals surface area (Å²) in [6.07, 6.45) is 0. The maximum Gasteiger partial charge on any atom is 0.324 e. The molecule has 2 N–H and O–H groups in total. The van der Waals surface area contributed by atoms with E-state index in [1.807, 2.05) is 25.1 Å². The number of hydrogen-bond donors (Lipinski definition) is 2. The fourth-order valence-electron chi connectivity index (χ4n) is 3.25. The van der Waals surface area contributed by atoms with Crippen molar-refractivity contribution in [2.45, 2.75) is 19.5 Å². The van der Waals surface area contributed by atoms with Gasteiger partial charge in [-0.3, -0.25) is 14.5 Å². The van der Waals surface area contributed by atoms with Crippen LogP contribution in [-0.2, 0) is 11.3 Å². The van der Waals surface area contributed by atoms with Gasteiger partial charge in [-0.25, -0.2) is 4.79 Å². The van der Waals surface area contributed by atoms with Crippen molar-refractivity contribution >= 4 is 17.8 Å². The number of hydrogen-bond acceptors (Lipinski definition) is 5. The monoisotopic (exact) mass is 395 g/mol. The molecule has 0 aromatic heterocycles. The predicted molar refractivity (Wildman–Crippen MR) is 104 cm³/mol. The molecule has 150 valence electrons. The SMILES string of the molecule is C[C@@H](NC(=O)c1ccc(CN2C(=O)CNC2=O)cc1)c1ccc2c(c1)OCCO2. The lowest BCUT2D eigenvalue weighted by atomic mass is 10.1. The Morgan fingerprint density at radius 2 is 1.83 bits per heavy atom. The number of ether oxygens (including phenoxy) is 2. The second-order valence-corrected chi connectivity index (χ2v) is 6.93. The first-order valence-electron chi connectivity index (χ1n) is 9.39. The molecule has 0 unspecified atom stereocenters. The second kappa shape index (κ2) is 7.83. The van der Waals surface area contributed by atoms with Crippen LogP contribution in [0.25, 0.3) is 0 Å². The zero-order chi connectivity index (χ0) is 20.4. The van der Waals surface area contributed by atoms with E-state index in [-0.39, 0.29) is 30.9 Å². The predicted octanol–water partition coefficient (Wildman–Crippen LogP) is 2.00. The number of urea groups is 1. The molecule has 0 aliphatic carbocycles. The number of benzene rings is 2. The van der Waals surface area contributed by atoms with Crippen molar-refractivity contribution in [1.29, 1.82) is 0 Å². The Hall–Kier alpha value is -3.55. The van der Waals surface area contributed by atoms with Crippen LogP contribution >= 0.6 is 0 Å². The molecule has 8 heteroatoms. The Balaban J connectivity index is 1.39. The highest BCUT2D eigenvalue weighted by Gasteiger charge is 2.28. The van der Waals surface area contributed by atoms with Gasteiger partial charge in [0.05, 0.1) is 19.1 Å². The lowest BCUT2D eigenvalue weighted by Crippen LogP contribution is -2.30. The summed E-state index contributed by atoms with van der Waals surface area (Å²) >= 11 is 0. The first kappa shape index (κ1) is 18.8. The normalized spacial score (nSPS) is 16.4. The molecule has 0 spiro atoms. The lowest BCUT2D eigenvalue weighted by Gasteiger charge is -2.21. The molecule has 8 nitrogen and oxygen atoms in total. The van der Waals surface area contributed by atoms with Crippen molar-refractivity contribution in [3.63, 3.8) is 0 Å². The van der Waals surface area contributed by atoms with E-state index in [1.54, 1.807) is 24.3 Å². The minimum Gasteiger partial charge on any atom is -0.486 e. The first-order chi connectivity index (χ1) is 14.0. The highest BCUT2D eigenvalue weighted by atomic mass is 16.6. The van der Waals surface area contributed by atoms with Crippen LogP contribution in [0, 0.1) is 0 Å². The zero-order valence-electron chi connectivity index (χ0n) is 15.9. The zero-order valence-corrected chi connectivity index (χ0v) is 15.9. The number of rotatable bonds is 5. The second-order valence-electron chi connectivity index (χ2n) is 6.93. The number of carbonyl (C=O) groups excluding carboxylic acids is 3. The van der Waals surface area contributed by atoms with Gasteiger partial charge in [0, 0.05) is 5.56 Å². The van der Waals surface area contributed by atoms with E-state index in [1.165, 1.54) is 0 Å². The van der Waals surface area contributed by atoms with E-state index in [4.69, 9.17) is 9.47 Å². The van der Waals surface area contributed by atoms with Crippen LogP contribution in [0.15, 0.2) is 42.5 Å². The third-order valence-corrected chi connectivity index (χ3v) is 4.91. The van der Waals surface area contributed by atoms with Crippen molar-refractivity contribution in [3.8, 4) is 11.5 Å². The number of imide groups is 1. The van der Waals surface area contributed by atoms with E-state index in [2.05, 4.69) is 10.6 Å². The molecule has 29 heavy (non-hydrogen) atoms. The molecule has 0 radical (unpaired) electrons. The standard InChI is InChI=1S/C21H21N3O5/c1-13(16-6-7-17-18(10-16)29-9-8-28-17)23-20(26)15-4-2-14(3-5-15)12-24-19(25)11-22-21(24)27/h2-7,10,13H,8-9,11-12H2,1H3,(H,22,27)(H,23,26)/t13-/m1/s1. The summed E-state index contributed by atoms with van der Waals surface area (Å²) in [5.74, 6) is 0.915. The maximum absolute atomic E-state index is 12.6. The quantitative estimate of drug-likeness (QED) is 0.755. The van der Waals surface area contributed by atoms with Gasteiger partial charge in [0.2, 0.25) is 5.91 Å². The molecule has 4 amide bonds. The summed E-state index contributed by atoms with van der Waals surface area (Å²) in [5.41, 5.74) is 2.18. The van der Waals surface area contributed by atoms with E-state index in [0.29, 0.717) is 30.3 Å². The molecule has 2 aliphatic rings. The van der Waals surface area contributed by atoms with Crippen LogP contribution < -0.4 is 20.1 Å². The van der Waals surface area contributed by atoms with Crippen LogP contribution in [0.2, 0.25) is 0 Å². The van der Waals surface area contributed by atoms with Gasteiger partial charge in [0.25, 0.3) is 5.91 Å². The fraction of sp³-hybridized carbons (Fsp3) is 0.286. The van der Waals surface area contributed by atoms with Gasteiger partial charge in [-0.2, -0.15) is 0 Å². The molecular weight excluding hydrogens is 374 g/mol. The van der Waals surface area contributed by atoms with Gasteiger partial charge in [-0.15, -0.1) is 0 Å². The molecule has 1 fully saturated rings. The highest BCUT2D eigenvalue weighted by molar-refractivity contribution is 6.01. The van der Waals surface area contributed by atoms with Crippen LogP contribution in [0.3, 0.4) is 0 Å². The van der Waals surface area contributed by atoms with E-state index in [9.17, 15) is 14.4 Å². The van der Waals surface area contributed by atoms with Crippen LogP contribution in [-0.4, -0.2) is 42.5 Å². The minimum absolute atomic E-state index is 0.0249. The van der Waals surface area contributed by atoms with Gasteiger partial charge in [0.15, 0.2) is 11.5 Å². The number of nitrogens with one attached hydrogen (secondary N) is 2. The van der Waals surface area contributed by atoms with Crippen molar-refractivity contribution in [1.82, 2.24) is 15.5 Å². The third kappa shape index (κ3) is 4.01. The maximum atomic E-state index is 12.6. The highest BCUT2D eigenvalue weighted by Crippen LogP contribution is 2.32. The Morgan fingerprint density at radius 3 is 2.52 bits per heavy atom. The molecular formula is C21H21N3O5. The van der Waals surface area contributed by atoms with E-state index in [0.717, 1.165) is 16.0 Å². The molecule has 0 saturated carbocycles. The molecule has 1 saturated heterocycles. The lowest BCUT2D eigenvalue weighted by molar-refractivity contribution is -0.125. The Labute approximate surface area is 167 Å². The molecule has 2 aliphatic heterocycles. The summed E-state index contributed by atoms with van der Waals surface area (Å²) in [6, 6.07) is 11.8. The fourth-order valence-corrected chi connectivity index (χ4v) is 3.25. The Bertz CT molecular complexity index is 941. The summed E-state index contributed by atoms with van der Waals surface area (Å²) in [6.45, 7) is 3.14. The summed E-state index contributed by atoms with van der Waals surface area (Å²) in [4.78, 5) is 37.0. The summed E-state index contributed by atoms with van der Waals surface area (Å²) in [7, 11) is 0. The van der Waals surface area contributed by atoms with Crippen LogP contribution in [0.5, 0.6) is 11.5 Å². The van der Waals surface area contributed by atoms with Crippen LogP contribution in [0.4, 0.5) is 4.79 Å². The summed E-state index contributed by atoms with van der Waals surface area (Å²) < 4.78 is 11.1. The first-order valence-corrected chi connectivity index (χ1v) is 9.39. The van der Waals surface area contributed by atoms with Gasteiger partial charge < -0.3 is 20.1 Å². The van der Waals surface area contributed by atoms with E-state index >= 15 is 0 Å². The molecule has 2 aromatic rings. The van der Waals surface area contributed by atoms with Crippen LogP contribution in [0.1, 0.15) is 34.5 Å². The van der Waals surface area contributed by atoms with Crippen molar-refractivity contribution in [2.75, 3.05) is 19.8 Å². The molecule has 0 bridgehead atoms. The topological polar surface area (TPSA) is 97.0 Å². The van der Waals surface area contributed by atoms with Gasteiger partial charge in [0.1, 0.15) is 13.2 Å². The number of amides is 4. The third-order valence-electron chi connectivity index (χ3n) is 4.91. The van der Waals surface area contributed by atoms with Gasteiger partial charge in [-0.05, 0) is 42.3 Å². The molecule has 4 rings (SSSR count). The average Bonchev–Trinajstić information content (AvgIpc) is 3.06. The largest absolute Gasteiger partial charge is 0.486 e. The van der Waals surface area contributed by atoms with E-state index < -0.39 is 6.03 Å². The Kier molecular flexibility index (Phi) is 5.07. The number of carbonyl (C=O) groups is 3. The Morgan fingerprint density at radius 1 is 1.10 bits per heavy atom. The molecule has 2 heterocycles. The average molecular weight is 395 g/mol. The number of fused-ring (bicyclic) bond motifs is 1. The minimum atomic E-state index is -0.398.